The maximum absolute atomic E-state index is 12.5. The van der Waals surface area contributed by atoms with Crippen LogP contribution < -0.4 is 0 Å². The van der Waals surface area contributed by atoms with Crippen molar-refractivity contribution in [1.29, 1.82) is 0 Å². The number of amides is 1. The van der Waals surface area contributed by atoms with Crippen LogP contribution in [0.1, 0.15) is 18.5 Å². The van der Waals surface area contributed by atoms with Gasteiger partial charge in [-0.1, -0.05) is 0 Å². The zero-order valence-electron chi connectivity index (χ0n) is 12.5. The van der Waals surface area contributed by atoms with Crippen LogP contribution in [0.5, 0.6) is 0 Å². The predicted octanol–water partition coefficient (Wildman–Crippen LogP) is 0.390. The molecular formula is C13H18N4O4S. The SMILES string of the molecule is Cc1ccc(S(=O)(=O)N2CCC3(CC2)CN(C)C(=O)O3)nn1. The van der Waals surface area contributed by atoms with Crippen LogP contribution in [0.4, 0.5) is 4.79 Å². The average molecular weight is 326 g/mol. The molecule has 22 heavy (non-hydrogen) atoms. The fraction of sp³-hybridized carbons (Fsp3) is 0.615. The molecule has 0 N–H and O–H groups in total. The molecule has 3 rings (SSSR count). The summed E-state index contributed by atoms with van der Waals surface area (Å²) >= 11 is 0. The van der Waals surface area contributed by atoms with Crippen molar-refractivity contribution in [3.63, 3.8) is 0 Å². The van der Waals surface area contributed by atoms with Crippen LogP contribution in [0.15, 0.2) is 17.2 Å². The Balaban J connectivity index is 1.73. The monoisotopic (exact) mass is 326 g/mol. The van der Waals surface area contributed by atoms with Crippen molar-refractivity contribution in [2.45, 2.75) is 30.4 Å². The van der Waals surface area contributed by atoms with Crippen LogP contribution in [0, 0.1) is 6.92 Å². The van der Waals surface area contributed by atoms with Gasteiger partial charge in [0.15, 0.2) is 5.03 Å². The minimum Gasteiger partial charge on any atom is -0.441 e. The zero-order valence-corrected chi connectivity index (χ0v) is 13.3. The van der Waals surface area contributed by atoms with E-state index in [2.05, 4.69) is 10.2 Å². The van der Waals surface area contributed by atoms with Gasteiger partial charge in [0.05, 0.1) is 12.2 Å². The van der Waals surface area contributed by atoms with Gasteiger partial charge >= 0.3 is 6.09 Å². The molecule has 2 aliphatic rings. The number of ether oxygens (including phenoxy) is 1. The normalized spacial score (nSPS) is 22.1. The van der Waals surface area contributed by atoms with Crippen molar-refractivity contribution in [3.05, 3.63) is 17.8 Å². The van der Waals surface area contributed by atoms with Crippen LogP contribution in [0.3, 0.4) is 0 Å². The number of carbonyl (C=O) groups excluding carboxylic acids is 1. The maximum Gasteiger partial charge on any atom is 0.410 e. The molecular weight excluding hydrogens is 308 g/mol. The van der Waals surface area contributed by atoms with Crippen molar-refractivity contribution in [1.82, 2.24) is 19.4 Å². The largest absolute Gasteiger partial charge is 0.441 e. The second-order valence-electron chi connectivity index (χ2n) is 5.82. The van der Waals surface area contributed by atoms with E-state index in [1.807, 2.05) is 0 Å². The molecule has 1 spiro atoms. The summed E-state index contributed by atoms with van der Waals surface area (Å²) in [6.45, 7) is 2.86. The van der Waals surface area contributed by atoms with Crippen molar-refractivity contribution in [2.24, 2.45) is 0 Å². The predicted molar refractivity (Wildman–Crippen MR) is 76.6 cm³/mol. The van der Waals surface area contributed by atoms with Gasteiger partial charge in [0.2, 0.25) is 0 Å². The number of rotatable bonds is 2. The Labute approximate surface area is 129 Å². The molecule has 1 amide bonds. The van der Waals surface area contributed by atoms with Gasteiger partial charge in [-0.2, -0.15) is 9.40 Å². The first-order valence-corrected chi connectivity index (χ1v) is 8.51. The van der Waals surface area contributed by atoms with E-state index < -0.39 is 15.6 Å². The molecule has 0 aliphatic carbocycles. The highest BCUT2D eigenvalue weighted by Gasteiger charge is 2.47. The minimum atomic E-state index is -3.65. The number of hydrogen-bond donors (Lipinski definition) is 0. The van der Waals surface area contributed by atoms with E-state index in [0.29, 0.717) is 38.2 Å². The number of carbonyl (C=O) groups is 1. The number of piperidine rings is 1. The van der Waals surface area contributed by atoms with E-state index >= 15 is 0 Å². The van der Waals surface area contributed by atoms with Crippen molar-refractivity contribution < 1.29 is 17.9 Å². The Morgan fingerprint density at radius 3 is 2.41 bits per heavy atom. The number of nitrogens with zero attached hydrogens (tertiary/aromatic N) is 4. The third-order valence-corrected chi connectivity index (χ3v) is 5.94. The quantitative estimate of drug-likeness (QED) is 0.780. The molecule has 8 nitrogen and oxygen atoms in total. The summed E-state index contributed by atoms with van der Waals surface area (Å²) in [5, 5.41) is 7.52. The Morgan fingerprint density at radius 1 is 1.23 bits per heavy atom. The van der Waals surface area contributed by atoms with Gasteiger partial charge in [0, 0.05) is 33.0 Å². The molecule has 0 bridgehead atoms. The van der Waals surface area contributed by atoms with Gasteiger partial charge in [-0.15, -0.1) is 5.10 Å². The second-order valence-corrected chi connectivity index (χ2v) is 7.71. The Kier molecular flexibility index (Phi) is 3.56. The first-order chi connectivity index (χ1) is 10.3. The van der Waals surface area contributed by atoms with E-state index in [1.165, 1.54) is 15.3 Å². The first kappa shape index (κ1) is 15.2. The number of aryl methyl sites for hydroxylation is 1. The second kappa shape index (κ2) is 5.17. The van der Waals surface area contributed by atoms with Crippen LogP contribution in [0.2, 0.25) is 0 Å². The third-order valence-electron chi connectivity index (χ3n) is 4.15. The molecule has 2 saturated heterocycles. The van der Waals surface area contributed by atoms with Gasteiger partial charge in [-0.3, -0.25) is 0 Å². The summed E-state index contributed by atoms with van der Waals surface area (Å²) in [6.07, 6.45) is 0.629. The Bertz CT molecular complexity index is 680. The topological polar surface area (TPSA) is 92.7 Å². The molecule has 3 heterocycles. The summed E-state index contributed by atoms with van der Waals surface area (Å²) in [5.41, 5.74) is 0.106. The van der Waals surface area contributed by atoms with Gasteiger partial charge in [0.1, 0.15) is 5.60 Å². The van der Waals surface area contributed by atoms with Gasteiger partial charge in [0.25, 0.3) is 10.0 Å². The lowest BCUT2D eigenvalue weighted by atomic mass is 9.92. The number of likely N-dealkylation sites (N-methyl/N-ethyl adjacent to an activating group) is 1. The molecule has 0 saturated carbocycles. The fourth-order valence-electron chi connectivity index (χ4n) is 2.84. The number of sulfonamides is 1. The first-order valence-electron chi connectivity index (χ1n) is 7.07. The lowest BCUT2D eigenvalue weighted by molar-refractivity contribution is 0.0172. The molecule has 0 radical (unpaired) electrons. The number of aromatic nitrogens is 2. The highest BCUT2D eigenvalue weighted by Crippen LogP contribution is 2.34. The average Bonchev–Trinajstić information content (AvgIpc) is 2.74. The smallest absolute Gasteiger partial charge is 0.410 e. The van der Waals surface area contributed by atoms with Crippen LogP contribution >= 0.6 is 0 Å². The standard InChI is InChI=1S/C13H18N4O4S/c1-10-3-4-11(15-14-10)22(19,20)17-7-5-13(6-8-17)9-16(2)12(18)21-13/h3-4H,5-9H2,1-2H3. The molecule has 2 aliphatic heterocycles. The summed E-state index contributed by atoms with van der Waals surface area (Å²) in [6, 6.07) is 3.09. The molecule has 0 unspecified atom stereocenters. The van der Waals surface area contributed by atoms with E-state index in [1.54, 1.807) is 20.0 Å². The van der Waals surface area contributed by atoms with Crippen LogP contribution in [-0.4, -0.2) is 66.2 Å². The van der Waals surface area contributed by atoms with Crippen LogP contribution in [-0.2, 0) is 14.8 Å². The lowest BCUT2D eigenvalue weighted by Gasteiger charge is -2.36. The van der Waals surface area contributed by atoms with E-state index in [4.69, 9.17) is 4.74 Å². The van der Waals surface area contributed by atoms with E-state index in [0.717, 1.165) is 0 Å². The molecule has 120 valence electrons. The highest BCUT2D eigenvalue weighted by atomic mass is 32.2. The van der Waals surface area contributed by atoms with Crippen molar-refractivity contribution in [3.8, 4) is 0 Å². The molecule has 1 aromatic rings. The van der Waals surface area contributed by atoms with Crippen molar-refractivity contribution >= 4 is 16.1 Å². The lowest BCUT2D eigenvalue weighted by Crippen LogP contribution is -2.48. The summed E-state index contributed by atoms with van der Waals surface area (Å²) in [4.78, 5) is 13.1. The van der Waals surface area contributed by atoms with Crippen molar-refractivity contribution in [2.75, 3.05) is 26.7 Å². The van der Waals surface area contributed by atoms with Gasteiger partial charge in [-0.05, 0) is 19.1 Å². The van der Waals surface area contributed by atoms with Gasteiger partial charge in [-0.25, -0.2) is 13.2 Å². The fourth-order valence-corrected chi connectivity index (χ4v) is 4.15. The maximum atomic E-state index is 12.5. The highest BCUT2D eigenvalue weighted by molar-refractivity contribution is 7.89. The Hall–Kier alpha value is -1.74. The third kappa shape index (κ3) is 2.54. The molecule has 2 fully saturated rings. The summed E-state index contributed by atoms with van der Waals surface area (Å²) in [5.74, 6) is 0. The summed E-state index contributed by atoms with van der Waals surface area (Å²) < 4.78 is 31.9. The van der Waals surface area contributed by atoms with Crippen LogP contribution in [0.25, 0.3) is 0 Å². The number of hydrogen-bond acceptors (Lipinski definition) is 6. The van der Waals surface area contributed by atoms with E-state index in [9.17, 15) is 13.2 Å². The molecule has 0 aromatic carbocycles. The summed E-state index contributed by atoms with van der Waals surface area (Å²) in [7, 11) is -1.96. The molecule has 0 atom stereocenters. The zero-order chi connectivity index (χ0) is 16.0. The molecule has 9 heteroatoms. The Morgan fingerprint density at radius 2 is 1.91 bits per heavy atom. The van der Waals surface area contributed by atoms with Gasteiger partial charge < -0.3 is 9.64 Å². The molecule has 1 aromatic heterocycles. The van der Waals surface area contributed by atoms with E-state index in [-0.39, 0.29) is 11.1 Å². The minimum absolute atomic E-state index is 0.0467.